The van der Waals surface area contributed by atoms with Crippen molar-refractivity contribution in [3.05, 3.63) is 29.8 Å². The summed E-state index contributed by atoms with van der Waals surface area (Å²) >= 11 is 0. The first-order valence-corrected chi connectivity index (χ1v) is 6.04. The molecule has 0 aromatic heterocycles. The van der Waals surface area contributed by atoms with Gasteiger partial charge in [0.2, 0.25) is 11.8 Å². The number of nitrogens with one attached hydrogen (secondary N) is 2. The van der Waals surface area contributed by atoms with Crippen LogP contribution >= 0.6 is 0 Å². The van der Waals surface area contributed by atoms with Gasteiger partial charge in [0.15, 0.2) is 0 Å². The Morgan fingerprint density at radius 2 is 1.67 bits per heavy atom. The second-order valence-corrected chi connectivity index (χ2v) is 4.78. The van der Waals surface area contributed by atoms with E-state index in [1.807, 2.05) is 45.0 Å². The molecule has 98 valence electrons. The van der Waals surface area contributed by atoms with Crippen molar-refractivity contribution in [3.63, 3.8) is 0 Å². The molecule has 1 rings (SSSR count). The molecule has 2 amide bonds. The molecule has 18 heavy (non-hydrogen) atoms. The molecule has 0 aliphatic rings. The average Bonchev–Trinajstić information content (AvgIpc) is 2.28. The van der Waals surface area contributed by atoms with Crippen molar-refractivity contribution in [1.29, 1.82) is 0 Å². The standard InChI is InChI=1S/C14H20N2O2/c1-9(2)13(15-11(4)17)14(18)16-12-7-5-10(3)6-8-12/h5-9,13H,1-4H3,(H,15,17)(H,16,18)/t13-/m1/s1. The maximum atomic E-state index is 12.0. The Morgan fingerprint density at radius 3 is 2.11 bits per heavy atom. The molecule has 4 nitrogen and oxygen atoms in total. The van der Waals surface area contributed by atoms with Gasteiger partial charge in [0.1, 0.15) is 6.04 Å². The van der Waals surface area contributed by atoms with Crippen LogP contribution in [0.15, 0.2) is 24.3 Å². The van der Waals surface area contributed by atoms with Crippen molar-refractivity contribution in [2.45, 2.75) is 33.7 Å². The Hall–Kier alpha value is -1.84. The molecule has 0 radical (unpaired) electrons. The lowest BCUT2D eigenvalue weighted by Crippen LogP contribution is -2.46. The first kappa shape index (κ1) is 14.2. The van der Waals surface area contributed by atoms with Gasteiger partial charge in [-0.15, -0.1) is 0 Å². The van der Waals surface area contributed by atoms with Gasteiger partial charge in [-0.3, -0.25) is 9.59 Å². The molecule has 0 bridgehead atoms. The van der Waals surface area contributed by atoms with Crippen molar-refractivity contribution in [2.24, 2.45) is 5.92 Å². The van der Waals surface area contributed by atoms with Crippen LogP contribution in [0.25, 0.3) is 0 Å². The highest BCUT2D eigenvalue weighted by Gasteiger charge is 2.22. The summed E-state index contributed by atoms with van der Waals surface area (Å²) in [7, 11) is 0. The van der Waals surface area contributed by atoms with Crippen molar-refractivity contribution >= 4 is 17.5 Å². The topological polar surface area (TPSA) is 58.2 Å². The van der Waals surface area contributed by atoms with Crippen LogP contribution in [-0.2, 0) is 9.59 Å². The summed E-state index contributed by atoms with van der Waals surface area (Å²) < 4.78 is 0. The Balaban J connectivity index is 2.72. The summed E-state index contributed by atoms with van der Waals surface area (Å²) in [6.07, 6.45) is 0. The van der Waals surface area contributed by atoms with E-state index in [0.29, 0.717) is 0 Å². The van der Waals surface area contributed by atoms with E-state index in [1.54, 1.807) is 0 Å². The fraction of sp³-hybridized carbons (Fsp3) is 0.429. The molecule has 0 fully saturated rings. The van der Waals surface area contributed by atoms with Crippen molar-refractivity contribution < 1.29 is 9.59 Å². The SMILES string of the molecule is CC(=O)N[C@@H](C(=O)Nc1ccc(C)cc1)C(C)C. The van der Waals surface area contributed by atoms with Crippen LogP contribution in [0, 0.1) is 12.8 Å². The molecule has 2 N–H and O–H groups in total. The molecular formula is C14H20N2O2. The van der Waals surface area contributed by atoms with Crippen molar-refractivity contribution in [3.8, 4) is 0 Å². The fourth-order valence-corrected chi connectivity index (χ4v) is 1.61. The average molecular weight is 248 g/mol. The molecule has 1 atom stereocenters. The maximum absolute atomic E-state index is 12.0. The largest absolute Gasteiger partial charge is 0.344 e. The van der Waals surface area contributed by atoms with E-state index < -0.39 is 6.04 Å². The molecule has 0 unspecified atom stereocenters. The van der Waals surface area contributed by atoms with Crippen LogP contribution in [0.2, 0.25) is 0 Å². The zero-order chi connectivity index (χ0) is 13.7. The normalized spacial score (nSPS) is 12.1. The van der Waals surface area contributed by atoms with E-state index in [2.05, 4.69) is 10.6 Å². The van der Waals surface area contributed by atoms with E-state index >= 15 is 0 Å². The van der Waals surface area contributed by atoms with Crippen LogP contribution in [-0.4, -0.2) is 17.9 Å². The Morgan fingerprint density at radius 1 is 1.11 bits per heavy atom. The van der Waals surface area contributed by atoms with Gasteiger partial charge in [-0.25, -0.2) is 0 Å². The minimum Gasteiger partial charge on any atom is -0.344 e. The quantitative estimate of drug-likeness (QED) is 0.857. The first-order valence-electron chi connectivity index (χ1n) is 6.04. The molecule has 4 heteroatoms. The molecule has 0 saturated carbocycles. The van der Waals surface area contributed by atoms with Crippen LogP contribution in [0.3, 0.4) is 0 Å². The summed E-state index contributed by atoms with van der Waals surface area (Å²) in [5.41, 5.74) is 1.87. The number of anilines is 1. The highest BCUT2D eigenvalue weighted by Crippen LogP contribution is 2.11. The van der Waals surface area contributed by atoms with E-state index in [9.17, 15) is 9.59 Å². The maximum Gasteiger partial charge on any atom is 0.247 e. The van der Waals surface area contributed by atoms with E-state index in [0.717, 1.165) is 11.3 Å². The Bertz CT molecular complexity index is 424. The summed E-state index contributed by atoms with van der Waals surface area (Å²) in [6.45, 7) is 7.19. The molecular weight excluding hydrogens is 228 g/mol. The smallest absolute Gasteiger partial charge is 0.247 e. The van der Waals surface area contributed by atoms with E-state index in [-0.39, 0.29) is 17.7 Å². The summed E-state index contributed by atoms with van der Waals surface area (Å²) in [5.74, 6) is -0.351. The Kier molecular flexibility index (Phi) is 4.89. The third kappa shape index (κ3) is 4.20. The van der Waals surface area contributed by atoms with Gasteiger partial charge in [0, 0.05) is 12.6 Å². The summed E-state index contributed by atoms with van der Waals surface area (Å²) in [5, 5.41) is 5.46. The second-order valence-electron chi connectivity index (χ2n) is 4.78. The number of carbonyl (C=O) groups excluding carboxylic acids is 2. The molecule has 0 heterocycles. The molecule has 0 saturated heterocycles. The number of benzene rings is 1. The first-order chi connectivity index (χ1) is 8.40. The monoisotopic (exact) mass is 248 g/mol. The van der Waals surface area contributed by atoms with Gasteiger partial charge in [-0.1, -0.05) is 31.5 Å². The van der Waals surface area contributed by atoms with Crippen LogP contribution < -0.4 is 10.6 Å². The molecule has 0 aliphatic heterocycles. The number of amides is 2. The number of aryl methyl sites for hydroxylation is 1. The van der Waals surface area contributed by atoms with Gasteiger partial charge >= 0.3 is 0 Å². The van der Waals surface area contributed by atoms with Crippen LogP contribution in [0.1, 0.15) is 26.3 Å². The minimum absolute atomic E-state index is 0.0411. The minimum atomic E-state index is -0.510. The molecule has 1 aromatic carbocycles. The van der Waals surface area contributed by atoms with Gasteiger partial charge in [-0.05, 0) is 25.0 Å². The predicted octanol–water partition coefficient (Wildman–Crippen LogP) is 2.09. The van der Waals surface area contributed by atoms with Crippen molar-refractivity contribution in [1.82, 2.24) is 5.32 Å². The highest BCUT2D eigenvalue weighted by molar-refractivity contribution is 5.97. The highest BCUT2D eigenvalue weighted by atomic mass is 16.2. The molecule has 0 aliphatic carbocycles. The second kappa shape index (κ2) is 6.19. The van der Waals surface area contributed by atoms with Crippen molar-refractivity contribution in [2.75, 3.05) is 5.32 Å². The van der Waals surface area contributed by atoms with Gasteiger partial charge in [0.05, 0.1) is 0 Å². The Labute approximate surface area is 108 Å². The van der Waals surface area contributed by atoms with E-state index in [1.165, 1.54) is 6.92 Å². The van der Waals surface area contributed by atoms with Crippen LogP contribution in [0.4, 0.5) is 5.69 Å². The third-order valence-corrected chi connectivity index (χ3v) is 2.63. The fourth-order valence-electron chi connectivity index (χ4n) is 1.61. The molecule has 1 aromatic rings. The lowest BCUT2D eigenvalue weighted by Gasteiger charge is -2.20. The molecule has 0 spiro atoms. The number of carbonyl (C=O) groups is 2. The summed E-state index contributed by atoms with van der Waals surface area (Å²) in [6, 6.07) is 7.04. The zero-order valence-corrected chi connectivity index (χ0v) is 11.3. The number of rotatable bonds is 4. The predicted molar refractivity (Wildman–Crippen MR) is 72.3 cm³/mol. The third-order valence-electron chi connectivity index (χ3n) is 2.63. The van der Waals surface area contributed by atoms with Gasteiger partial charge < -0.3 is 10.6 Å². The number of hydrogen-bond acceptors (Lipinski definition) is 2. The summed E-state index contributed by atoms with van der Waals surface area (Å²) in [4.78, 5) is 23.1. The van der Waals surface area contributed by atoms with Gasteiger partial charge in [-0.2, -0.15) is 0 Å². The van der Waals surface area contributed by atoms with E-state index in [4.69, 9.17) is 0 Å². The number of hydrogen-bond donors (Lipinski definition) is 2. The zero-order valence-electron chi connectivity index (χ0n) is 11.3. The van der Waals surface area contributed by atoms with Crippen LogP contribution in [0.5, 0.6) is 0 Å². The lowest BCUT2D eigenvalue weighted by atomic mass is 10.0. The lowest BCUT2D eigenvalue weighted by molar-refractivity contribution is -0.126. The van der Waals surface area contributed by atoms with Gasteiger partial charge in [0.25, 0.3) is 0 Å².